The number of hydrogen-bond donors (Lipinski definition) is 0. The smallest absolute Gasteiger partial charge is 0.295 e. The van der Waals surface area contributed by atoms with Gasteiger partial charge >= 0.3 is 0 Å². The molecule has 5 nitrogen and oxygen atoms in total. The van der Waals surface area contributed by atoms with Crippen LogP contribution in [0.25, 0.3) is 11.0 Å². The van der Waals surface area contributed by atoms with Gasteiger partial charge in [0, 0.05) is 5.69 Å². The number of hydrogen-bond acceptors (Lipinski definition) is 4. The topological polar surface area (TPSA) is 59.8 Å². The average molecular weight is 486 g/mol. The highest BCUT2D eigenvalue weighted by Crippen LogP contribution is 2.41. The quantitative estimate of drug-likeness (QED) is 0.253. The van der Waals surface area contributed by atoms with Crippen LogP contribution < -0.4 is 15.1 Å². The highest BCUT2D eigenvalue weighted by Gasteiger charge is 2.43. The maximum absolute atomic E-state index is 13.7. The third-order valence-corrected chi connectivity index (χ3v) is 6.59. The van der Waals surface area contributed by atoms with Crippen molar-refractivity contribution in [3.63, 3.8) is 0 Å². The maximum Gasteiger partial charge on any atom is 0.295 e. The van der Waals surface area contributed by atoms with Gasteiger partial charge in [-0.1, -0.05) is 49.9 Å². The first kappa shape index (κ1) is 23.8. The Kier molecular flexibility index (Phi) is 6.59. The van der Waals surface area contributed by atoms with Gasteiger partial charge in [-0.25, -0.2) is 4.39 Å². The predicted octanol–water partition coefficient (Wildman–Crippen LogP) is 6.95. The van der Waals surface area contributed by atoms with Gasteiger partial charge in [-0.15, -0.1) is 0 Å². The number of rotatable bonds is 8. The lowest BCUT2D eigenvalue weighted by atomic mass is 9.98. The minimum absolute atomic E-state index is 0.0157. The van der Waals surface area contributed by atoms with Crippen LogP contribution in [0.1, 0.15) is 65.9 Å². The van der Waals surface area contributed by atoms with E-state index in [0.717, 1.165) is 29.7 Å². The van der Waals surface area contributed by atoms with E-state index in [1.165, 1.54) is 42.0 Å². The maximum atomic E-state index is 13.7. The summed E-state index contributed by atoms with van der Waals surface area (Å²) in [4.78, 5) is 28.8. The van der Waals surface area contributed by atoms with Gasteiger partial charge in [-0.3, -0.25) is 14.5 Å². The van der Waals surface area contributed by atoms with Gasteiger partial charge in [-0.2, -0.15) is 0 Å². The Labute approximate surface area is 209 Å². The van der Waals surface area contributed by atoms with Gasteiger partial charge in [0.2, 0.25) is 5.76 Å². The Morgan fingerprint density at radius 3 is 2.42 bits per heavy atom. The zero-order valence-electron chi connectivity index (χ0n) is 20.4. The molecule has 3 aromatic carbocycles. The second-order valence-electron chi connectivity index (χ2n) is 9.21. The van der Waals surface area contributed by atoms with Crippen molar-refractivity contribution in [2.45, 2.75) is 45.6 Å². The van der Waals surface area contributed by atoms with Crippen LogP contribution in [-0.4, -0.2) is 12.5 Å². The number of unbranched alkanes of at least 4 members (excludes halogenated alkanes) is 3. The van der Waals surface area contributed by atoms with Crippen molar-refractivity contribution in [1.29, 1.82) is 0 Å². The largest absolute Gasteiger partial charge is 0.494 e. The Morgan fingerprint density at radius 2 is 1.69 bits per heavy atom. The second kappa shape index (κ2) is 9.97. The van der Waals surface area contributed by atoms with Gasteiger partial charge in [0.15, 0.2) is 5.43 Å². The molecule has 0 aliphatic carbocycles. The molecule has 1 unspecified atom stereocenters. The summed E-state index contributed by atoms with van der Waals surface area (Å²) in [6.07, 6.45) is 4.48. The summed E-state index contributed by atoms with van der Waals surface area (Å²) in [6.45, 7) is 4.71. The molecule has 6 heteroatoms. The minimum Gasteiger partial charge on any atom is -0.494 e. The summed E-state index contributed by atoms with van der Waals surface area (Å²) in [5.41, 5.74) is 2.55. The molecule has 1 aliphatic heterocycles. The van der Waals surface area contributed by atoms with Crippen molar-refractivity contribution in [3.05, 3.63) is 105 Å². The number of anilines is 1. The fourth-order valence-corrected chi connectivity index (χ4v) is 4.74. The summed E-state index contributed by atoms with van der Waals surface area (Å²) in [6, 6.07) is 17.7. The van der Waals surface area contributed by atoms with Crippen LogP contribution in [0.2, 0.25) is 0 Å². The Bertz CT molecular complexity index is 1460. The number of carbonyl (C=O) groups is 1. The summed E-state index contributed by atoms with van der Waals surface area (Å²) in [5, 5.41) is 0.430. The van der Waals surface area contributed by atoms with Gasteiger partial charge in [0.05, 0.1) is 23.6 Å². The molecule has 0 N–H and O–H groups in total. The summed E-state index contributed by atoms with van der Waals surface area (Å²) in [5.74, 6) is -0.0935. The van der Waals surface area contributed by atoms with E-state index in [1.54, 1.807) is 12.1 Å². The van der Waals surface area contributed by atoms with Crippen LogP contribution in [0.4, 0.5) is 10.1 Å². The van der Waals surface area contributed by atoms with E-state index in [9.17, 15) is 14.0 Å². The molecule has 2 heterocycles. The van der Waals surface area contributed by atoms with Gasteiger partial charge in [0.25, 0.3) is 5.91 Å². The molecule has 4 aromatic rings. The van der Waals surface area contributed by atoms with Gasteiger partial charge in [0.1, 0.15) is 17.1 Å². The minimum atomic E-state index is -0.710. The van der Waals surface area contributed by atoms with Crippen molar-refractivity contribution in [2.24, 2.45) is 0 Å². The molecule has 1 aromatic heterocycles. The zero-order valence-corrected chi connectivity index (χ0v) is 20.4. The molecular weight excluding hydrogens is 457 g/mol. The first-order valence-electron chi connectivity index (χ1n) is 12.4. The normalized spacial score (nSPS) is 14.9. The fourth-order valence-electron chi connectivity index (χ4n) is 4.74. The Balaban J connectivity index is 1.57. The predicted molar refractivity (Wildman–Crippen MR) is 138 cm³/mol. The fraction of sp³-hybridized carbons (Fsp3) is 0.267. The number of benzene rings is 3. The van der Waals surface area contributed by atoms with Crippen LogP contribution in [0.15, 0.2) is 75.9 Å². The average Bonchev–Trinajstić information content (AvgIpc) is 3.18. The van der Waals surface area contributed by atoms with E-state index in [2.05, 4.69) is 6.92 Å². The third-order valence-electron chi connectivity index (χ3n) is 6.59. The lowest BCUT2D eigenvalue weighted by molar-refractivity contribution is 0.0971. The van der Waals surface area contributed by atoms with E-state index in [1.807, 2.05) is 37.3 Å². The first-order valence-corrected chi connectivity index (χ1v) is 12.4. The summed E-state index contributed by atoms with van der Waals surface area (Å²) >= 11 is 0. The molecule has 0 saturated heterocycles. The molecular formula is C30H28FNO4. The molecule has 0 bridgehead atoms. The van der Waals surface area contributed by atoms with Crippen molar-refractivity contribution in [3.8, 4) is 5.75 Å². The molecule has 0 fully saturated rings. The van der Waals surface area contributed by atoms with Gasteiger partial charge in [-0.05, 0) is 67.4 Å². The Morgan fingerprint density at radius 1 is 0.944 bits per heavy atom. The molecule has 184 valence electrons. The Hall–Kier alpha value is -3.93. The number of fused-ring (bicyclic) bond motifs is 2. The molecule has 1 atom stereocenters. The van der Waals surface area contributed by atoms with Crippen molar-refractivity contribution in [1.82, 2.24) is 0 Å². The van der Waals surface area contributed by atoms with E-state index >= 15 is 0 Å². The van der Waals surface area contributed by atoms with E-state index in [-0.39, 0.29) is 16.8 Å². The molecule has 0 radical (unpaired) electrons. The second-order valence-corrected chi connectivity index (χ2v) is 9.21. The highest BCUT2D eigenvalue weighted by molar-refractivity contribution is 6.10. The SMILES string of the molecule is CCCCCCOc1ccc(C2c3c(oc4ccc(C)cc4c3=O)C(=O)N2c2ccc(F)cc2)cc1. The van der Waals surface area contributed by atoms with Gasteiger partial charge < -0.3 is 9.15 Å². The first-order chi connectivity index (χ1) is 17.5. The van der Waals surface area contributed by atoms with Crippen LogP contribution in [0, 0.1) is 12.7 Å². The van der Waals surface area contributed by atoms with E-state index < -0.39 is 17.8 Å². The van der Waals surface area contributed by atoms with E-state index in [0.29, 0.717) is 23.3 Å². The van der Waals surface area contributed by atoms with Crippen molar-refractivity contribution in [2.75, 3.05) is 11.5 Å². The molecule has 1 amide bonds. The molecule has 0 saturated carbocycles. The van der Waals surface area contributed by atoms with Crippen LogP contribution in [0.5, 0.6) is 5.75 Å². The van der Waals surface area contributed by atoms with Crippen molar-refractivity contribution >= 4 is 22.6 Å². The number of carbonyl (C=O) groups excluding carboxylic acids is 1. The van der Waals surface area contributed by atoms with Crippen molar-refractivity contribution < 1.29 is 18.3 Å². The zero-order chi connectivity index (χ0) is 25.2. The standard InChI is InChI=1S/C30H28FNO4/c1-3-4-5-6-17-35-23-14-8-20(9-15-23)27-26-28(33)24-18-19(2)7-16-25(24)36-29(26)30(34)32(27)22-12-10-21(31)11-13-22/h7-16,18,27H,3-6,17H2,1-2H3. The van der Waals surface area contributed by atoms with Crippen LogP contribution in [0.3, 0.4) is 0 Å². The summed E-state index contributed by atoms with van der Waals surface area (Å²) in [7, 11) is 0. The molecule has 5 rings (SSSR count). The third kappa shape index (κ3) is 4.39. The monoisotopic (exact) mass is 485 g/mol. The lowest BCUT2D eigenvalue weighted by Gasteiger charge is -2.25. The molecule has 1 aliphatic rings. The van der Waals surface area contributed by atoms with E-state index in [4.69, 9.17) is 9.15 Å². The number of nitrogens with zero attached hydrogens (tertiary/aromatic N) is 1. The lowest BCUT2D eigenvalue weighted by Crippen LogP contribution is -2.29. The summed E-state index contributed by atoms with van der Waals surface area (Å²) < 4.78 is 25.6. The van der Waals surface area contributed by atoms with Crippen LogP contribution >= 0.6 is 0 Å². The number of halogens is 1. The number of ether oxygens (including phenoxy) is 1. The molecule has 0 spiro atoms. The highest BCUT2D eigenvalue weighted by atomic mass is 19.1. The number of aryl methyl sites for hydroxylation is 1. The molecule has 36 heavy (non-hydrogen) atoms. The van der Waals surface area contributed by atoms with Crippen LogP contribution in [-0.2, 0) is 0 Å². The number of amides is 1.